The second-order valence-corrected chi connectivity index (χ2v) is 5.41. The molecule has 0 bridgehead atoms. The van der Waals surface area contributed by atoms with Gasteiger partial charge in [-0.05, 0) is 12.1 Å². The summed E-state index contributed by atoms with van der Waals surface area (Å²) in [6.07, 6.45) is 2.21. The summed E-state index contributed by atoms with van der Waals surface area (Å²) in [7, 11) is 0. The molecule has 0 spiro atoms. The van der Waals surface area contributed by atoms with Crippen molar-refractivity contribution in [1.82, 2.24) is 14.8 Å². The summed E-state index contributed by atoms with van der Waals surface area (Å²) < 4.78 is 1.75. The number of fused-ring (bicyclic) bond motifs is 1. The van der Waals surface area contributed by atoms with Gasteiger partial charge in [-0.2, -0.15) is 5.10 Å². The third kappa shape index (κ3) is 2.14. The van der Waals surface area contributed by atoms with Crippen LogP contribution in [0.5, 0.6) is 0 Å². The second kappa shape index (κ2) is 5.62. The number of nitrogens with two attached hydrogens (primary N) is 1. The highest BCUT2D eigenvalue weighted by Gasteiger charge is 2.19. The number of nitrogen functional groups attached to an aromatic ring is 1. The molecule has 0 aliphatic rings. The first-order valence-electron chi connectivity index (χ1n) is 7.53. The third-order valence-electron chi connectivity index (χ3n) is 3.94. The van der Waals surface area contributed by atoms with E-state index in [0.29, 0.717) is 28.0 Å². The maximum atomic E-state index is 11.2. The van der Waals surface area contributed by atoms with Crippen LogP contribution >= 0.6 is 0 Å². The van der Waals surface area contributed by atoms with E-state index in [1.165, 1.54) is 6.20 Å². The molecule has 0 saturated heterocycles. The Balaban J connectivity index is 2.10. The number of hydrogen-bond donors (Lipinski definition) is 1. The Labute approximate surface area is 138 Å². The average Bonchev–Trinajstić information content (AvgIpc) is 3.04. The molecule has 5 heteroatoms. The topological polar surface area (TPSA) is 73.8 Å². The average molecular weight is 314 g/mol. The molecule has 0 amide bonds. The second-order valence-electron chi connectivity index (χ2n) is 5.41. The fourth-order valence-corrected chi connectivity index (χ4v) is 2.76. The minimum absolute atomic E-state index is 0.368. The highest BCUT2D eigenvalue weighted by molar-refractivity contribution is 6.05. The quantitative estimate of drug-likeness (QED) is 0.587. The molecule has 0 aliphatic carbocycles. The highest BCUT2D eigenvalue weighted by atomic mass is 16.1. The summed E-state index contributed by atoms with van der Waals surface area (Å²) in [5.74, 6) is 0. The van der Waals surface area contributed by atoms with Crippen molar-refractivity contribution in [1.29, 1.82) is 0 Å². The van der Waals surface area contributed by atoms with Crippen molar-refractivity contribution in [2.45, 2.75) is 0 Å². The SMILES string of the molecule is Nc1c(C=O)cnc2c1c(-c1ccccc1)nn2-c1ccccc1. The number of hydrogen-bond acceptors (Lipinski definition) is 4. The van der Waals surface area contributed by atoms with Crippen LogP contribution in [-0.2, 0) is 0 Å². The summed E-state index contributed by atoms with van der Waals surface area (Å²) >= 11 is 0. The van der Waals surface area contributed by atoms with E-state index in [0.717, 1.165) is 17.5 Å². The van der Waals surface area contributed by atoms with E-state index in [9.17, 15) is 4.79 Å². The van der Waals surface area contributed by atoms with Gasteiger partial charge in [0.25, 0.3) is 0 Å². The molecule has 5 nitrogen and oxygen atoms in total. The van der Waals surface area contributed by atoms with E-state index in [-0.39, 0.29) is 0 Å². The number of carbonyl (C=O) groups excluding carboxylic acids is 1. The Morgan fingerprint density at radius 1 is 0.958 bits per heavy atom. The van der Waals surface area contributed by atoms with Gasteiger partial charge in [-0.15, -0.1) is 0 Å². The van der Waals surface area contributed by atoms with E-state index in [2.05, 4.69) is 4.98 Å². The van der Waals surface area contributed by atoms with E-state index in [1.807, 2.05) is 60.7 Å². The molecule has 2 heterocycles. The van der Waals surface area contributed by atoms with Crippen LogP contribution in [0.2, 0.25) is 0 Å². The van der Waals surface area contributed by atoms with Gasteiger partial charge in [0.05, 0.1) is 22.3 Å². The maximum Gasteiger partial charge on any atom is 0.165 e. The predicted octanol–water partition coefficient (Wildman–Crippen LogP) is 3.48. The fourth-order valence-electron chi connectivity index (χ4n) is 2.76. The third-order valence-corrected chi connectivity index (χ3v) is 3.94. The van der Waals surface area contributed by atoms with Crippen LogP contribution in [-0.4, -0.2) is 21.1 Å². The van der Waals surface area contributed by atoms with Crippen LogP contribution in [0.1, 0.15) is 10.4 Å². The first-order valence-corrected chi connectivity index (χ1v) is 7.53. The number of carbonyl (C=O) groups is 1. The number of anilines is 1. The predicted molar refractivity (Wildman–Crippen MR) is 94.1 cm³/mol. The zero-order chi connectivity index (χ0) is 16.5. The lowest BCUT2D eigenvalue weighted by molar-refractivity contribution is 0.112. The molecule has 2 N–H and O–H groups in total. The first-order chi connectivity index (χ1) is 11.8. The van der Waals surface area contributed by atoms with Crippen LogP contribution in [0, 0.1) is 0 Å². The molecule has 116 valence electrons. The molecule has 2 aromatic carbocycles. The minimum atomic E-state index is 0.368. The Kier molecular flexibility index (Phi) is 3.31. The van der Waals surface area contributed by atoms with Crippen molar-refractivity contribution < 1.29 is 4.79 Å². The van der Waals surface area contributed by atoms with E-state index < -0.39 is 0 Å². The summed E-state index contributed by atoms with van der Waals surface area (Å²) in [5, 5.41) is 5.41. The summed E-state index contributed by atoms with van der Waals surface area (Å²) in [6.45, 7) is 0. The van der Waals surface area contributed by atoms with Crippen molar-refractivity contribution in [3.8, 4) is 16.9 Å². The zero-order valence-electron chi connectivity index (χ0n) is 12.8. The smallest absolute Gasteiger partial charge is 0.165 e. The van der Waals surface area contributed by atoms with Crippen LogP contribution in [0.4, 0.5) is 5.69 Å². The molecule has 2 aromatic heterocycles. The fraction of sp³-hybridized carbons (Fsp3) is 0. The molecular formula is C19H14N4O. The zero-order valence-corrected chi connectivity index (χ0v) is 12.8. The lowest BCUT2D eigenvalue weighted by atomic mass is 10.1. The van der Waals surface area contributed by atoms with Crippen molar-refractivity contribution in [3.05, 3.63) is 72.4 Å². The molecule has 0 saturated carbocycles. The van der Waals surface area contributed by atoms with Crippen molar-refractivity contribution >= 4 is 23.0 Å². The molecule has 0 fully saturated rings. The lowest BCUT2D eigenvalue weighted by Crippen LogP contribution is -1.99. The van der Waals surface area contributed by atoms with Gasteiger partial charge in [-0.25, -0.2) is 9.67 Å². The number of aromatic nitrogens is 3. The van der Waals surface area contributed by atoms with Gasteiger partial charge < -0.3 is 5.73 Å². The van der Waals surface area contributed by atoms with Crippen LogP contribution in [0.3, 0.4) is 0 Å². The first kappa shape index (κ1) is 14.1. The van der Waals surface area contributed by atoms with Gasteiger partial charge in [-0.1, -0.05) is 48.5 Å². The van der Waals surface area contributed by atoms with Gasteiger partial charge in [0.2, 0.25) is 0 Å². The summed E-state index contributed by atoms with van der Waals surface area (Å²) in [6, 6.07) is 19.5. The maximum absolute atomic E-state index is 11.2. The van der Waals surface area contributed by atoms with Gasteiger partial charge >= 0.3 is 0 Å². The monoisotopic (exact) mass is 314 g/mol. The molecule has 0 atom stereocenters. The van der Waals surface area contributed by atoms with Gasteiger partial charge in [0.15, 0.2) is 11.9 Å². The molecule has 24 heavy (non-hydrogen) atoms. The van der Waals surface area contributed by atoms with Crippen molar-refractivity contribution in [2.75, 3.05) is 5.73 Å². The molecule has 4 rings (SSSR count). The number of benzene rings is 2. The number of pyridine rings is 1. The van der Waals surface area contributed by atoms with Gasteiger partial charge in [0.1, 0.15) is 5.69 Å². The van der Waals surface area contributed by atoms with Crippen molar-refractivity contribution in [2.24, 2.45) is 0 Å². The molecule has 4 aromatic rings. The Morgan fingerprint density at radius 2 is 1.62 bits per heavy atom. The Bertz CT molecular complexity index is 1020. The van der Waals surface area contributed by atoms with E-state index >= 15 is 0 Å². The van der Waals surface area contributed by atoms with E-state index in [4.69, 9.17) is 10.8 Å². The molecular weight excluding hydrogens is 300 g/mol. The Hall–Kier alpha value is -3.47. The van der Waals surface area contributed by atoms with Crippen molar-refractivity contribution in [3.63, 3.8) is 0 Å². The summed E-state index contributed by atoms with van der Waals surface area (Å²) in [5.41, 5.74) is 10.2. The lowest BCUT2D eigenvalue weighted by Gasteiger charge is -2.03. The number of aldehydes is 1. The van der Waals surface area contributed by atoms with Crippen LogP contribution < -0.4 is 5.73 Å². The number of nitrogens with zero attached hydrogens (tertiary/aromatic N) is 3. The summed E-state index contributed by atoms with van der Waals surface area (Å²) in [4.78, 5) is 15.7. The van der Waals surface area contributed by atoms with Crippen LogP contribution in [0.15, 0.2) is 66.9 Å². The largest absolute Gasteiger partial charge is 0.397 e. The molecule has 0 aliphatic heterocycles. The number of rotatable bonds is 3. The molecule has 0 radical (unpaired) electrons. The standard InChI is InChI=1S/C19H14N4O/c20-17-14(12-24)11-21-19-16(17)18(13-7-3-1-4-8-13)22-23(19)15-9-5-2-6-10-15/h1-12H,(H2,20,21). The minimum Gasteiger partial charge on any atom is -0.397 e. The highest BCUT2D eigenvalue weighted by Crippen LogP contribution is 2.33. The Morgan fingerprint density at radius 3 is 2.29 bits per heavy atom. The van der Waals surface area contributed by atoms with E-state index in [1.54, 1.807) is 4.68 Å². The van der Waals surface area contributed by atoms with Gasteiger partial charge in [-0.3, -0.25) is 4.79 Å². The number of para-hydroxylation sites is 1. The van der Waals surface area contributed by atoms with Gasteiger partial charge in [0, 0.05) is 11.8 Å². The van der Waals surface area contributed by atoms with Crippen LogP contribution in [0.25, 0.3) is 28.0 Å². The normalized spacial score (nSPS) is 10.8. The molecule has 0 unspecified atom stereocenters.